The summed E-state index contributed by atoms with van der Waals surface area (Å²) in [4.78, 5) is 20.8. The highest BCUT2D eigenvalue weighted by atomic mass is 35.5. The van der Waals surface area contributed by atoms with Gasteiger partial charge >= 0.3 is 5.69 Å². The molecule has 0 atom stereocenters. The number of nitrogens with one attached hydrogen (secondary N) is 2. The summed E-state index contributed by atoms with van der Waals surface area (Å²) in [5, 5.41) is 3.95. The van der Waals surface area contributed by atoms with Gasteiger partial charge in [0.15, 0.2) is 0 Å². The lowest BCUT2D eigenvalue weighted by molar-refractivity contribution is 0.721. The number of imidazole rings is 2. The number of anilines is 1. The summed E-state index contributed by atoms with van der Waals surface area (Å²) >= 11 is 6.06. The van der Waals surface area contributed by atoms with Crippen molar-refractivity contribution in [1.82, 2.24) is 19.1 Å². The number of hydrogen-bond donors (Lipinski definition) is 2. The van der Waals surface area contributed by atoms with Crippen molar-refractivity contribution in [2.45, 2.75) is 20.4 Å². The van der Waals surface area contributed by atoms with Crippen molar-refractivity contribution in [3.8, 4) is 0 Å². The zero-order valence-electron chi connectivity index (χ0n) is 16.4. The maximum Gasteiger partial charge on any atom is 0.334 e. The first-order chi connectivity index (χ1) is 14.0. The molecule has 0 radical (unpaired) electrons. The quantitative estimate of drug-likeness (QED) is 0.598. The topological polar surface area (TPSA) is 67.6 Å². The fourth-order valence-electron chi connectivity index (χ4n) is 3.46. The molecule has 148 valence electrons. The largest absolute Gasteiger partial charge is 0.366 e. The van der Waals surface area contributed by atoms with Gasteiger partial charge < -0.3 is 10.3 Å². The second-order valence-electron chi connectivity index (χ2n) is 6.77. The Kier molecular flexibility index (Phi) is 5.03. The number of benzene rings is 1. The fourth-order valence-corrected chi connectivity index (χ4v) is 3.64. The molecular weight excluding hydrogens is 386 g/mol. The van der Waals surface area contributed by atoms with Gasteiger partial charge in [0.2, 0.25) is 0 Å². The summed E-state index contributed by atoms with van der Waals surface area (Å²) in [5.41, 5.74) is 4.11. The maximum atomic E-state index is 13.0. The summed E-state index contributed by atoms with van der Waals surface area (Å²) in [6.45, 7) is 9.13. The summed E-state index contributed by atoms with van der Waals surface area (Å²) in [7, 11) is 0. The third-order valence-corrected chi connectivity index (χ3v) is 5.18. The Hall–Kier alpha value is -3.25. The Balaban J connectivity index is 1.76. The van der Waals surface area contributed by atoms with Crippen LogP contribution < -0.4 is 11.0 Å². The Morgan fingerprint density at radius 1 is 1.38 bits per heavy atom. The second-order valence-corrected chi connectivity index (χ2v) is 7.21. The molecule has 0 unspecified atom stereocenters. The predicted molar refractivity (Wildman–Crippen MR) is 121 cm³/mol. The molecule has 0 bridgehead atoms. The number of fused-ring (bicyclic) bond motifs is 2. The van der Waals surface area contributed by atoms with Crippen LogP contribution in [0.2, 0.25) is 5.02 Å². The van der Waals surface area contributed by atoms with E-state index in [1.54, 1.807) is 15.2 Å². The van der Waals surface area contributed by atoms with E-state index in [1.807, 2.05) is 56.4 Å². The molecule has 2 N–H and O–H groups in total. The summed E-state index contributed by atoms with van der Waals surface area (Å²) in [6.07, 6.45) is 9.47. The van der Waals surface area contributed by atoms with E-state index in [0.717, 1.165) is 33.9 Å². The van der Waals surface area contributed by atoms with Gasteiger partial charge in [-0.3, -0.25) is 9.13 Å². The van der Waals surface area contributed by atoms with Crippen LogP contribution in [0.3, 0.4) is 0 Å². The first-order valence-electron chi connectivity index (χ1n) is 9.46. The van der Waals surface area contributed by atoms with Gasteiger partial charge in [-0.25, -0.2) is 9.78 Å². The zero-order chi connectivity index (χ0) is 20.5. The molecule has 3 heterocycles. The molecule has 2 aromatic heterocycles. The average Bonchev–Trinajstić information content (AvgIpc) is 3.26. The minimum Gasteiger partial charge on any atom is -0.366 e. The van der Waals surface area contributed by atoms with E-state index in [0.29, 0.717) is 23.8 Å². The van der Waals surface area contributed by atoms with E-state index in [1.165, 1.54) is 0 Å². The van der Waals surface area contributed by atoms with E-state index in [2.05, 4.69) is 21.9 Å². The van der Waals surface area contributed by atoms with Gasteiger partial charge in [0.1, 0.15) is 11.6 Å². The smallest absolute Gasteiger partial charge is 0.334 e. The molecule has 1 aliphatic rings. The third-order valence-electron chi connectivity index (χ3n) is 4.94. The molecule has 1 aromatic carbocycles. The van der Waals surface area contributed by atoms with Crippen molar-refractivity contribution >= 4 is 45.8 Å². The normalized spacial score (nSPS) is 14.2. The molecule has 29 heavy (non-hydrogen) atoms. The fraction of sp³-hybridized carbons (Fsp3) is 0.182. The summed E-state index contributed by atoms with van der Waals surface area (Å²) in [6, 6.07) is 5.55. The van der Waals surface area contributed by atoms with Crippen molar-refractivity contribution in [3.63, 3.8) is 0 Å². The van der Waals surface area contributed by atoms with Crippen LogP contribution >= 0.6 is 11.6 Å². The van der Waals surface area contributed by atoms with Crippen LogP contribution in [0.4, 0.5) is 5.82 Å². The number of hydrogen-bond acceptors (Lipinski definition) is 3. The van der Waals surface area contributed by atoms with Crippen molar-refractivity contribution < 1.29 is 0 Å². The highest BCUT2D eigenvalue weighted by Gasteiger charge is 2.20. The standard InChI is InChI=1S/C22H22ClN5O/c1-4-16(28-19-7-6-12-24-21(19)27(5-2)22(28)29)10-8-14(3)20-25-17-11-9-15(23)13-18(17)26-20/h4,6-11,13,24H,1,5,12H2,2-3H3,(H,25,26)/b14-8+,16-10+. The minimum absolute atomic E-state index is 0.0906. The molecule has 7 heteroatoms. The maximum absolute atomic E-state index is 13.0. The molecule has 1 aliphatic heterocycles. The molecule has 0 fully saturated rings. The van der Waals surface area contributed by atoms with Gasteiger partial charge in [-0.15, -0.1) is 0 Å². The average molecular weight is 408 g/mol. The number of rotatable bonds is 5. The minimum atomic E-state index is -0.0906. The van der Waals surface area contributed by atoms with Gasteiger partial charge in [-0.2, -0.15) is 0 Å². The van der Waals surface area contributed by atoms with Crippen molar-refractivity contribution in [2.75, 3.05) is 11.9 Å². The monoisotopic (exact) mass is 407 g/mol. The Bertz CT molecular complexity index is 1250. The highest BCUT2D eigenvalue weighted by Crippen LogP contribution is 2.24. The summed E-state index contributed by atoms with van der Waals surface area (Å²) in [5.74, 6) is 1.59. The number of halogens is 1. The lowest BCUT2D eigenvalue weighted by Gasteiger charge is -2.12. The Morgan fingerprint density at radius 2 is 2.21 bits per heavy atom. The van der Waals surface area contributed by atoms with E-state index in [9.17, 15) is 4.79 Å². The lowest BCUT2D eigenvalue weighted by atomic mass is 10.2. The molecular formula is C22H22ClN5O. The van der Waals surface area contributed by atoms with Crippen molar-refractivity contribution in [2.24, 2.45) is 0 Å². The van der Waals surface area contributed by atoms with Gasteiger partial charge in [-0.1, -0.05) is 30.3 Å². The Labute approximate surface area is 173 Å². The molecule has 6 nitrogen and oxygen atoms in total. The van der Waals surface area contributed by atoms with E-state index in [4.69, 9.17) is 11.6 Å². The number of aromatic nitrogens is 4. The number of H-pyrrole nitrogens is 1. The first-order valence-corrected chi connectivity index (χ1v) is 9.84. The van der Waals surface area contributed by atoms with Gasteiger partial charge in [0.25, 0.3) is 0 Å². The van der Waals surface area contributed by atoms with Gasteiger partial charge in [0, 0.05) is 18.1 Å². The van der Waals surface area contributed by atoms with Crippen LogP contribution in [-0.4, -0.2) is 25.6 Å². The van der Waals surface area contributed by atoms with Crippen LogP contribution in [0.1, 0.15) is 25.4 Å². The van der Waals surface area contributed by atoms with Gasteiger partial charge in [-0.05, 0) is 55.8 Å². The highest BCUT2D eigenvalue weighted by molar-refractivity contribution is 6.31. The van der Waals surface area contributed by atoms with E-state index >= 15 is 0 Å². The molecule has 4 rings (SSSR count). The second kappa shape index (κ2) is 7.64. The number of allylic oxidation sites excluding steroid dienone is 5. The molecule has 0 spiro atoms. The van der Waals surface area contributed by atoms with Crippen molar-refractivity contribution in [1.29, 1.82) is 0 Å². The van der Waals surface area contributed by atoms with Gasteiger partial charge in [0.05, 0.1) is 22.4 Å². The van der Waals surface area contributed by atoms with E-state index < -0.39 is 0 Å². The molecule has 0 saturated carbocycles. The molecule has 0 saturated heterocycles. The van der Waals surface area contributed by atoms with E-state index in [-0.39, 0.29) is 5.69 Å². The summed E-state index contributed by atoms with van der Waals surface area (Å²) < 4.78 is 3.41. The lowest BCUT2D eigenvalue weighted by Crippen LogP contribution is -2.23. The van der Waals surface area contributed by atoms with Crippen LogP contribution in [0.15, 0.2) is 53.9 Å². The van der Waals surface area contributed by atoms with Crippen LogP contribution in [0.5, 0.6) is 0 Å². The zero-order valence-corrected chi connectivity index (χ0v) is 17.1. The number of aromatic amines is 1. The molecule has 0 aliphatic carbocycles. The van der Waals surface area contributed by atoms with Crippen LogP contribution in [0.25, 0.3) is 28.4 Å². The van der Waals surface area contributed by atoms with Crippen LogP contribution in [0, 0.1) is 0 Å². The SMILES string of the molecule is C=C/C(=C\C=C(/C)c1nc2ccc(Cl)cc2[nH]1)n1c2c(n(CC)c1=O)NCC=C2. The van der Waals surface area contributed by atoms with Crippen LogP contribution in [-0.2, 0) is 6.54 Å². The van der Waals surface area contributed by atoms with Crippen molar-refractivity contribution in [3.05, 3.63) is 76.1 Å². The molecule has 0 amide bonds. The Morgan fingerprint density at radius 3 is 2.97 bits per heavy atom. The molecule has 3 aromatic rings. The predicted octanol–water partition coefficient (Wildman–Crippen LogP) is 4.77. The first kappa shape index (κ1) is 19.1. The third kappa shape index (κ3) is 3.36. The number of nitrogens with zero attached hydrogens (tertiary/aromatic N) is 3.